The molecule has 2 aromatic carbocycles. The number of sulfonamides is 1. The molecule has 0 aliphatic carbocycles. The van der Waals surface area contributed by atoms with Crippen LogP contribution in [0.2, 0.25) is 0 Å². The summed E-state index contributed by atoms with van der Waals surface area (Å²) >= 11 is 0. The molecule has 2 aromatic rings. The van der Waals surface area contributed by atoms with E-state index >= 15 is 0 Å². The zero-order valence-corrected chi connectivity index (χ0v) is 11.2. The number of hydrogen-bond donors (Lipinski definition) is 1. The molecule has 0 unspecified atom stereocenters. The summed E-state index contributed by atoms with van der Waals surface area (Å²) < 4.78 is 76.5. The van der Waals surface area contributed by atoms with Gasteiger partial charge in [0.2, 0.25) is 0 Å². The summed E-state index contributed by atoms with van der Waals surface area (Å²) in [6.07, 6.45) is -4.64. The lowest BCUT2D eigenvalue weighted by Gasteiger charge is -2.11. The fourth-order valence-electron chi connectivity index (χ4n) is 1.57. The summed E-state index contributed by atoms with van der Waals surface area (Å²) in [5.74, 6) is -0.558. The Morgan fingerprint density at radius 2 is 1.57 bits per heavy atom. The fraction of sp³-hybridized carbons (Fsp3) is 0.0769. The summed E-state index contributed by atoms with van der Waals surface area (Å²) in [5.41, 5.74) is -1.02. The first kappa shape index (κ1) is 15.3. The number of anilines is 1. The van der Waals surface area contributed by atoms with E-state index in [0.717, 1.165) is 30.3 Å². The van der Waals surface area contributed by atoms with Crippen molar-refractivity contribution in [3.05, 3.63) is 59.9 Å². The fourth-order valence-corrected chi connectivity index (χ4v) is 2.68. The highest BCUT2D eigenvalue weighted by molar-refractivity contribution is 7.92. The first-order valence-corrected chi connectivity index (χ1v) is 7.12. The normalized spacial score (nSPS) is 12.2. The lowest BCUT2D eigenvalue weighted by molar-refractivity contribution is -0.137. The highest BCUT2D eigenvalue weighted by atomic mass is 32.2. The SMILES string of the molecule is O=S(=O)(Nc1ccc(F)cc1)c1cccc(C(F)(F)F)c1. The summed E-state index contributed by atoms with van der Waals surface area (Å²) in [7, 11) is -4.18. The van der Waals surface area contributed by atoms with E-state index in [4.69, 9.17) is 0 Å². The maximum absolute atomic E-state index is 12.7. The van der Waals surface area contributed by atoms with E-state index in [-0.39, 0.29) is 5.69 Å². The smallest absolute Gasteiger partial charge is 0.280 e. The van der Waals surface area contributed by atoms with Gasteiger partial charge in [-0.3, -0.25) is 4.72 Å². The maximum Gasteiger partial charge on any atom is 0.416 e. The lowest BCUT2D eigenvalue weighted by Crippen LogP contribution is -2.14. The first-order chi connectivity index (χ1) is 9.68. The third-order valence-electron chi connectivity index (χ3n) is 2.57. The maximum atomic E-state index is 12.7. The van der Waals surface area contributed by atoms with Crippen molar-refractivity contribution in [2.24, 2.45) is 0 Å². The Labute approximate surface area is 118 Å². The van der Waals surface area contributed by atoms with Gasteiger partial charge in [0.05, 0.1) is 10.5 Å². The Kier molecular flexibility index (Phi) is 3.91. The van der Waals surface area contributed by atoms with Gasteiger partial charge >= 0.3 is 6.18 Å². The van der Waals surface area contributed by atoms with Crippen LogP contribution in [-0.2, 0) is 16.2 Å². The molecule has 0 atom stereocenters. The quantitative estimate of drug-likeness (QED) is 0.878. The lowest BCUT2D eigenvalue weighted by atomic mass is 10.2. The van der Waals surface area contributed by atoms with Gasteiger partial charge in [0.15, 0.2) is 0 Å². The van der Waals surface area contributed by atoms with E-state index in [0.29, 0.717) is 6.07 Å². The molecule has 2 rings (SSSR count). The van der Waals surface area contributed by atoms with Gasteiger partial charge in [0.25, 0.3) is 10.0 Å². The minimum absolute atomic E-state index is 0.0498. The van der Waals surface area contributed by atoms with Crippen LogP contribution in [0.1, 0.15) is 5.56 Å². The van der Waals surface area contributed by atoms with Crippen molar-refractivity contribution in [3.8, 4) is 0 Å². The first-order valence-electron chi connectivity index (χ1n) is 5.64. The molecule has 0 heterocycles. The molecule has 0 fully saturated rings. The zero-order chi connectivity index (χ0) is 15.7. The van der Waals surface area contributed by atoms with Gasteiger partial charge in [-0.05, 0) is 42.5 Å². The van der Waals surface area contributed by atoms with Crippen LogP contribution in [-0.4, -0.2) is 8.42 Å². The Hall–Kier alpha value is -2.09. The number of nitrogens with one attached hydrogen (secondary N) is 1. The van der Waals surface area contributed by atoms with Gasteiger partial charge in [-0.15, -0.1) is 0 Å². The van der Waals surface area contributed by atoms with Crippen LogP contribution in [0.5, 0.6) is 0 Å². The summed E-state index contributed by atoms with van der Waals surface area (Å²) in [4.78, 5) is -0.526. The van der Waals surface area contributed by atoms with E-state index in [9.17, 15) is 26.0 Å². The van der Waals surface area contributed by atoms with Crippen molar-refractivity contribution in [3.63, 3.8) is 0 Å². The minimum atomic E-state index is -4.64. The van der Waals surface area contributed by atoms with Gasteiger partial charge in [-0.1, -0.05) is 6.07 Å². The van der Waals surface area contributed by atoms with Crippen LogP contribution < -0.4 is 4.72 Å². The standard InChI is InChI=1S/C13H9F4NO2S/c14-10-4-6-11(7-5-10)18-21(19,20)12-3-1-2-9(8-12)13(15,16)17/h1-8,18H. The molecule has 0 aliphatic rings. The molecule has 0 radical (unpaired) electrons. The Balaban J connectivity index is 2.34. The Morgan fingerprint density at radius 1 is 0.952 bits per heavy atom. The second-order valence-corrected chi connectivity index (χ2v) is 5.82. The van der Waals surface area contributed by atoms with Crippen molar-refractivity contribution < 1.29 is 26.0 Å². The van der Waals surface area contributed by atoms with Crippen molar-refractivity contribution in [2.45, 2.75) is 11.1 Å². The molecule has 8 heteroatoms. The van der Waals surface area contributed by atoms with Gasteiger partial charge in [-0.2, -0.15) is 13.2 Å². The van der Waals surface area contributed by atoms with Crippen LogP contribution in [0, 0.1) is 5.82 Å². The molecule has 3 nitrogen and oxygen atoms in total. The van der Waals surface area contributed by atoms with Gasteiger partial charge in [0, 0.05) is 5.69 Å². The third-order valence-corrected chi connectivity index (χ3v) is 3.95. The molecule has 0 amide bonds. The number of hydrogen-bond acceptors (Lipinski definition) is 2. The van der Waals surface area contributed by atoms with Crippen molar-refractivity contribution in [2.75, 3.05) is 4.72 Å². The number of alkyl halides is 3. The summed E-state index contributed by atoms with van der Waals surface area (Å²) in [6.45, 7) is 0. The average Bonchev–Trinajstić information content (AvgIpc) is 2.40. The van der Waals surface area contributed by atoms with E-state index < -0.39 is 32.5 Å². The van der Waals surface area contributed by atoms with Crippen molar-refractivity contribution in [1.82, 2.24) is 0 Å². The van der Waals surface area contributed by atoms with Crippen LogP contribution in [0.15, 0.2) is 53.4 Å². The monoisotopic (exact) mass is 319 g/mol. The topological polar surface area (TPSA) is 46.2 Å². The molecule has 0 aliphatic heterocycles. The molecule has 1 N–H and O–H groups in total. The largest absolute Gasteiger partial charge is 0.416 e. The molecule has 112 valence electrons. The molecule has 0 aromatic heterocycles. The van der Waals surface area contributed by atoms with E-state index in [1.165, 1.54) is 12.1 Å². The highest BCUT2D eigenvalue weighted by Crippen LogP contribution is 2.30. The second-order valence-electron chi connectivity index (χ2n) is 4.14. The molecular formula is C13H9F4NO2S. The predicted molar refractivity (Wildman–Crippen MR) is 68.7 cm³/mol. The number of rotatable bonds is 3. The molecule has 0 spiro atoms. The van der Waals surface area contributed by atoms with Gasteiger partial charge in [0.1, 0.15) is 5.82 Å². The minimum Gasteiger partial charge on any atom is -0.280 e. The summed E-state index contributed by atoms with van der Waals surface area (Å²) in [5, 5.41) is 0. The molecule has 21 heavy (non-hydrogen) atoms. The van der Waals surface area contributed by atoms with E-state index in [2.05, 4.69) is 4.72 Å². The van der Waals surface area contributed by atoms with E-state index in [1.54, 1.807) is 0 Å². The molecule has 0 saturated carbocycles. The van der Waals surface area contributed by atoms with Gasteiger partial charge in [-0.25, -0.2) is 12.8 Å². The van der Waals surface area contributed by atoms with Crippen LogP contribution in [0.4, 0.5) is 23.2 Å². The molecular weight excluding hydrogens is 310 g/mol. The molecule has 0 saturated heterocycles. The van der Waals surface area contributed by atoms with Crippen LogP contribution in [0.25, 0.3) is 0 Å². The average molecular weight is 319 g/mol. The Morgan fingerprint density at radius 3 is 2.14 bits per heavy atom. The zero-order valence-electron chi connectivity index (χ0n) is 10.4. The molecule has 0 bridgehead atoms. The number of halogens is 4. The Bertz CT molecular complexity index is 740. The number of benzene rings is 2. The van der Waals surface area contributed by atoms with Crippen molar-refractivity contribution >= 4 is 15.7 Å². The van der Waals surface area contributed by atoms with E-state index in [1.807, 2.05) is 0 Å². The van der Waals surface area contributed by atoms with Gasteiger partial charge < -0.3 is 0 Å². The predicted octanol–water partition coefficient (Wildman–Crippen LogP) is 3.65. The van der Waals surface area contributed by atoms with Crippen LogP contribution >= 0.6 is 0 Å². The second kappa shape index (κ2) is 5.36. The highest BCUT2D eigenvalue weighted by Gasteiger charge is 2.31. The van der Waals surface area contributed by atoms with Crippen LogP contribution in [0.3, 0.4) is 0 Å². The summed E-state index contributed by atoms with van der Waals surface area (Å²) in [6, 6.07) is 7.75. The van der Waals surface area contributed by atoms with Crippen molar-refractivity contribution in [1.29, 1.82) is 0 Å². The third kappa shape index (κ3) is 3.72.